The molecule has 2 aromatic carbocycles. The van der Waals surface area contributed by atoms with Gasteiger partial charge in [0.25, 0.3) is 5.91 Å². The van der Waals surface area contributed by atoms with E-state index in [1.54, 1.807) is 25.3 Å². The molecule has 0 aliphatic carbocycles. The first-order chi connectivity index (χ1) is 21.2. The number of hydrogen-bond donors (Lipinski definition) is 2. The lowest BCUT2D eigenvalue weighted by Crippen LogP contribution is -2.51. The molecule has 2 fully saturated rings. The number of alkyl halides is 1. The summed E-state index contributed by atoms with van der Waals surface area (Å²) in [6.45, 7) is 6.48. The lowest BCUT2D eigenvalue weighted by molar-refractivity contribution is -0.143. The van der Waals surface area contributed by atoms with Crippen LogP contribution in [0.2, 0.25) is 0 Å². The maximum Gasteiger partial charge on any atom is 0.251 e. The van der Waals surface area contributed by atoms with Gasteiger partial charge in [0.15, 0.2) is 12.0 Å². The average molecular weight is 605 g/mol. The summed E-state index contributed by atoms with van der Waals surface area (Å²) >= 11 is 0. The molecule has 2 saturated heterocycles. The van der Waals surface area contributed by atoms with E-state index < -0.39 is 24.3 Å². The van der Waals surface area contributed by atoms with Gasteiger partial charge < -0.3 is 34.6 Å². The fourth-order valence-electron chi connectivity index (χ4n) is 5.62. The SMILES string of the molecule is COc1cc(Nc2ncnc(-c3ccc(OC4CCN(C(=O)[C@H](C)O)C[C@H]4F)c(C#N)c3)n2)ccc1N1CCN(C)C[C@@H]1C. The number of anilines is 3. The molecule has 1 aromatic heterocycles. The largest absolute Gasteiger partial charge is 0.495 e. The predicted molar refractivity (Wildman–Crippen MR) is 163 cm³/mol. The predicted octanol–water partition coefficient (Wildman–Crippen LogP) is 3.00. The molecule has 0 radical (unpaired) electrons. The van der Waals surface area contributed by atoms with Gasteiger partial charge >= 0.3 is 0 Å². The second kappa shape index (κ2) is 13.4. The van der Waals surface area contributed by atoms with Crippen molar-refractivity contribution >= 4 is 23.2 Å². The van der Waals surface area contributed by atoms with E-state index in [9.17, 15) is 19.6 Å². The third-order valence-electron chi connectivity index (χ3n) is 7.94. The van der Waals surface area contributed by atoms with Crippen LogP contribution in [0.1, 0.15) is 25.8 Å². The molecule has 2 aliphatic heterocycles. The first-order valence-corrected chi connectivity index (χ1v) is 14.6. The van der Waals surface area contributed by atoms with Gasteiger partial charge in [0.1, 0.15) is 36.1 Å². The lowest BCUT2D eigenvalue weighted by atomic mass is 10.0. The smallest absolute Gasteiger partial charge is 0.251 e. The summed E-state index contributed by atoms with van der Waals surface area (Å²) in [5, 5.41) is 22.6. The Morgan fingerprint density at radius 3 is 2.68 bits per heavy atom. The van der Waals surface area contributed by atoms with Crippen molar-refractivity contribution in [1.82, 2.24) is 24.8 Å². The van der Waals surface area contributed by atoms with Crippen LogP contribution in [0.3, 0.4) is 0 Å². The topological polar surface area (TPSA) is 140 Å². The number of methoxy groups -OCH3 is 1. The molecular formula is C31H37FN8O4. The van der Waals surface area contributed by atoms with Crippen molar-refractivity contribution in [1.29, 1.82) is 5.26 Å². The van der Waals surface area contributed by atoms with Crippen molar-refractivity contribution in [2.45, 2.75) is 44.7 Å². The summed E-state index contributed by atoms with van der Waals surface area (Å²) in [6, 6.07) is 13.2. The van der Waals surface area contributed by atoms with Crippen LogP contribution < -0.4 is 19.7 Å². The third-order valence-corrected chi connectivity index (χ3v) is 7.94. The number of likely N-dealkylation sites (N-methyl/N-ethyl adjacent to an activating group) is 1. The van der Waals surface area contributed by atoms with Crippen LogP contribution in [0.4, 0.5) is 21.7 Å². The summed E-state index contributed by atoms with van der Waals surface area (Å²) in [7, 11) is 3.78. The number of aliphatic hydroxyl groups is 1. The van der Waals surface area contributed by atoms with Gasteiger partial charge in [0.2, 0.25) is 5.95 Å². The average Bonchev–Trinajstić information content (AvgIpc) is 3.02. The van der Waals surface area contributed by atoms with Crippen molar-refractivity contribution in [2.24, 2.45) is 0 Å². The summed E-state index contributed by atoms with van der Waals surface area (Å²) in [5.41, 5.74) is 2.53. The molecule has 1 unspecified atom stereocenters. The molecule has 232 valence electrons. The number of piperidine rings is 1. The number of aromatic nitrogens is 3. The van der Waals surface area contributed by atoms with Gasteiger partial charge in [0.05, 0.1) is 24.9 Å². The van der Waals surface area contributed by atoms with E-state index in [1.807, 2.05) is 18.2 Å². The number of benzene rings is 2. The van der Waals surface area contributed by atoms with Gasteiger partial charge in [-0.2, -0.15) is 10.2 Å². The van der Waals surface area contributed by atoms with E-state index >= 15 is 0 Å². The molecule has 2 aliphatic rings. The quantitative estimate of drug-likeness (QED) is 0.392. The van der Waals surface area contributed by atoms with Gasteiger partial charge in [-0.05, 0) is 51.2 Å². The Kier molecular flexibility index (Phi) is 9.41. The molecule has 4 atom stereocenters. The molecule has 13 heteroatoms. The lowest BCUT2D eigenvalue weighted by Gasteiger charge is -2.40. The van der Waals surface area contributed by atoms with Crippen LogP contribution in [-0.4, -0.2) is 107 Å². The molecule has 0 bridgehead atoms. The first kappa shape index (κ1) is 30.9. The van der Waals surface area contributed by atoms with Crippen LogP contribution in [-0.2, 0) is 4.79 Å². The Balaban J connectivity index is 1.28. The van der Waals surface area contributed by atoms with Gasteiger partial charge in [-0.15, -0.1) is 0 Å². The molecule has 0 saturated carbocycles. The van der Waals surface area contributed by atoms with Crippen molar-refractivity contribution in [3.63, 3.8) is 0 Å². The number of carbonyl (C=O) groups excluding carboxylic acids is 1. The number of ether oxygens (including phenoxy) is 2. The Hall–Kier alpha value is -4.54. The molecule has 3 heterocycles. The van der Waals surface area contributed by atoms with E-state index in [2.05, 4.69) is 50.1 Å². The molecule has 44 heavy (non-hydrogen) atoms. The number of halogens is 1. The number of piperazine rings is 1. The van der Waals surface area contributed by atoms with Crippen LogP contribution >= 0.6 is 0 Å². The zero-order chi connectivity index (χ0) is 31.4. The molecule has 0 spiro atoms. The standard InChI is InChI=1S/C31H37FN8O4/c1-19-16-38(3)11-12-40(19)25-7-6-23(14-28(25)43-4)36-31-35-18-34-29(37-31)21-5-8-26(22(13-21)15-33)44-27-9-10-39(17-24(27)32)30(42)20(2)41/h5-8,13-14,18-20,24,27,41H,9-12,16-17H2,1-4H3,(H,34,35,36,37)/t19-,20-,24+,27?/m0/s1. The van der Waals surface area contributed by atoms with E-state index in [0.717, 1.165) is 36.8 Å². The number of likely N-dealkylation sites (tertiary alicyclic amines) is 1. The number of aliphatic hydroxyl groups excluding tert-OH is 1. The highest BCUT2D eigenvalue weighted by Crippen LogP contribution is 2.34. The highest BCUT2D eigenvalue weighted by molar-refractivity contribution is 5.80. The summed E-state index contributed by atoms with van der Waals surface area (Å²) in [5.74, 6) is 1.11. The maximum atomic E-state index is 14.9. The number of hydrogen-bond acceptors (Lipinski definition) is 11. The molecule has 2 N–H and O–H groups in total. The van der Waals surface area contributed by atoms with Gasteiger partial charge in [0, 0.05) is 56.0 Å². The fraction of sp³-hybridized carbons (Fsp3) is 0.452. The summed E-state index contributed by atoms with van der Waals surface area (Å²) < 4.78 is 26.5. The van der Waals surface area contributed by atoms with E-state index in [0.29, 0.717) is 23.4 Å². The minimum absolute atomic E-state index is 0.182. The monoisotopic (exact) mass is 604 g/mol. The molecule has 3 aromatic rings. The number of carbonyl (C=O) groups is 1. The molecule has 1 amide bonds. The summed E-state index contributed by atoms with van der Waals surface area (Å²) in [4.78, 5) is 31.1. The maximum absolute atomic E-state index is 14.9. The number of nitrogens with zero attached hydrogens (tertiary/aromatic N) is 7. The van der Waals surface area contributed by atoms with Crippen molar-refractivity contribution < 1.29 is 23.8 Å². The van der Waals surface area contributed by atoms with Gasteiger partial charge in [-0.25, -0.2) is 14.4 Å². The minimum atomic E-state index is -1.47. The molecular weight excluding hydrogens is 567 g/mol. The fourth-order valence-corrected chi connectivity index (χ4v) is 5.62. The number of nitrogens with one attached hydrogen (secondary N) is 1. The van der Waals surface area contributed by atoms with Crippen LogP contribution in [0.15, 0.2) is 42.7 Å². The van der Waals surface area contributed by atoms with Gasteiger partial charge in [-0.3, -0.25) is 4.79 Å². The van der Waals surface area contributed by atoms with Crippen LogP contribution in [0.5, 0.6) is 11.5 Å². The van der Waals surface area contributed by atoms with Gasteiger partial charge in [-0.1, -0.05) is 0 Å². The van der Waals surface area contributed by atoms with Crippen molar-refractivity contribution in [3.05, 3.63) is 48.3 Å². The Bertz CT molecular complexity index is 1530. The van der Waals surface area contributed by atoms with Crippen LogP contribution in [0, 0.1) is 11.3 Å². The Morgan fingerprint density at radius 1 is 1.16 bits per heavy atom. The number of nitriles is 1. The number of rotatable bonds is 8. The Morgan fingerprint density at radius 2 is 1.98 bits per heavy atom. The third kappa shape index (κ3) is 6.82. The number of amides is 1. The van der Waals surface area contributed by atoms with E-state index in [4.69, 9.17) is 9.47 Å². The summed E-state index contributed by atoms with van der Waals surface area (Å²) in [6.07, 6.45) is -1.87. The highest BCUT2D eigenvalue weighted by Gasteiger charge is 2.34. The Labute approximate surface area is 256 Å². The normalized spacial score (nSPS) is 21.3. The zero-order valence-corrected chi connectivity index (χ0v) is 25.3. The van der Waals surface area contributed by atoms with Crippen molar-refractivity contribution in [2.75, 3.05) is 57.1 Å². The van der Waals surface area contributed by atoms with E-state index in [1.165, 1.54) is 18.2 Å². The second-order valence-electron chi connectivity index (χ2n) is 11.2. The van der Waals surface area contributed by atoms with E-state index in [-0.39, 0.29) is 30.8 Å². The van der Waals surface area contributed by atoms with Crippen LogP contribution in [0.25, 0.3) is 11.4 Å². The minimum Gasteiger partial charge on any atom is -0.495 e. The highest BCUT2D eigenvalue weighted by atomic mass is 19.1. The molecule has 12 nitrogen and oxygen atoms in total. The molecule has 5 rings (SSSR count). The second-order valence-corrected chi connectivity index (χ2v) is 11.2. The first-order valence-electron chi connectivity index (χ1n) is 14.6. The van der Waals surface area contributed by atoms with Crippen molar-refractivity contribution in [3.8, 4) is 29.0 Å². The zero-order valence-electron chi connectivity index (χ0n) is 25.3.